The largest absolute Gasteiger partial charge is 0.489 e. The van der Waals surface area contributed by atoms with Crippen LogP contribution in [-0.4, -0.2) is 5.91 Å². The smallest absolute Gasteiger partial charge is 0.266 e. The van der Waals surface area contributed by atoms with Gasteiger partial charge in [0.15, 0.2) is 0 Å². The van der Waals surface area contributed by atoms with Gasteiger partial charge in [-0.2, -0.15) is 5.26 Å². The van der Waals surface area contributed by atoms with Crippen molar-refractivity contribution in [3.8, 4) is 17.6 Å². The van der Waals surface area contributed by atoms with E-state index in [0.717, 1.165) is 31.9 Å². The molecule has 0 atom stereocenters. The third kappa shape index (κ3) is 7.19. The quantitative estimate of drug-likeness (QED) is 0.129. The molecule has 7 heteroatoms. The van der Waals surface area contributed by atoms with Crippen molar-refractivity contribution in [1.82, 2.24) is 0 Å². The van der Waals surface area contributed by atoms with Crippen LogP contribution in [0.5, 0.6) is 11.5 Å². The predicted molar refractivity (Wildman–Crippen MR) is 172 cm³/mol. The first-order valence-corrected chi connectivity index (χ1v) is 14.4. The third-order valence-corrected chi connectivity index (χ3v) is 7.46. The SMILES string of the molecule is Cc1ccc2ccccc2c1COc1ccc(Br)cc1/C=C(\C#N)C(=O)Nc1ccc(OCc2ccc(Cl)cc2)cc1. The average Bonchev–Trinajstić information content (AvgIpc) is 3.00. The summed E-state index contributed by atoms with van der Waals surface area (Å²) in [5.41, 5.74) is 4.30. The number of hydrogen-bond donors (Lipinski definition) is 1. The zero-order valence-electron chi connectivity index (χ0n) is 22.7. The van der Waals surface area contributed by atoms with E-state index < -0.39 is 5.91 Å². The highest BCUT2D eigenvalue weighted by atomic mass is 79.9. The fraction of sp³-hybridized carbons (Fsp3) is 0.0857. The van der Waals surface area contributed by atoms with Gasteiger partial charge in [0.05, 0.1) is 0 Å². The second kappa shape index (κ2) is 13.4. The van der Waals surface area contributed by atoms with Crippen LogP contribution in [0.15, 0.2) is 113 Å². The molecule has 208 valence electrons. The minimum atomic E-state index is -0.525. The summed E-state index contributed by atoms with van der Waals surface area (Å²) in [5, 5.41) is 15.6. The van der Waals surface area contributed by atoms with E-state index in [1.54, 1.807) is 24.3 Å². The number of ether oxygens (including phenoxy) is 2. The van der Waals surface area contributed by atoms with Crippen LogP contribution in [-0.2, 0) is 18.0 Å². The standard InChI is InChI=1S/C35H26BrClN2O3/c1-23-6-9-25-4-2-3-5-32(25)33(23)22-42-34-17-10-28(36)19-26(34)18-27(20-38)35(40)39-30-13-15-31(16-14-30)41-21-24-7-11-29(37)12-8-24/h2-19H,21-22H2,1H3,(H,39,40)/b27-18+. The number of amides is 1. The lowest BCUT2D eigenvalue weighted by molar-refractivity contribution is -0.112. The molecule has 0 fully saturated rings. The highest BCUT2D eigenvalue weighted by Crippen LogP contribution is 2.29. The van der Waals surface area contributed by atoms with Crippen LogP contribution < -0.4 is 14.8 Å². The molecular weight excluding hydrogens is 612 g/mol. The van der Waals surface area contributed by atoms with Crippen molar-refractivity contribution in [2.24, 2.45) is 0 Å². The Hall–Kier alpha value is -4.57. The number of fused-ring (bicyclic) bond motifs is 1. The molecule has 0 bridgehead atoms. The summed E-state index contributed by atoms with van der Waals surface area (Å²) in [6.07, 6.45) is 1.54. The van der Waals surface area contributed by atoms with Crippen molar-refractivity contribution in [2.45, 2.75) is 20.1 Å². The molecule has 0 saturated heterocycles. The van der Waals surface area contributed by atoms with Crippen LogP contribution in [0.4, 0.5) is 5.69 Å². The van der Waals surface area contributed by atoms with E-state index >= 15 is 0 Å². The van der Waals surface area contributed by atoms with Gasteiger partial charge in [0.1, 0.15) is 36.4 Å². The Balaban J connectivity index is 1.28. The summed E-state index contributed by atoms with van der Waals surface area (Å²) in [4.78, 5) is 13.0. The van der Waals surface area contributed by atoms with Gasteiger partial charge >= 0.3 is 0 Å². The Morgan fingerprint density at radius 2 is 1.69 bits per heavy atom. The number of carbonyl (C=O) groups excluding carboxylic acids is 1. The van der Waals surface area contributed by atoms with Gasteiger partial charge in [0, 0.05) is 26.3 Å². The Morgan fingerprint density at radius 1 is 0.929 bits per heavy atom. The summed E-state index contributed by atoms with van der Waals surface area (Å²) in [5.74, 6) is 0.688. The molecule has 0 saturated carbocycles. The van der Waals surface area contributed by atoms with Crippen LogP contribution in [0, 0.1) is 18.3 Å². The van der Waals surface area contributed by atoms with Gasteiger partial charge in [0.2, 0.25) is 0 Å². The maximum absolute atomic E-state index is 13.0. The molecule has 5 nitrogen and oxygen atoms in total. The third-order valence-electron chi connectivity index (χ3n) is 6.71. The first-order chi connectivity index (χ1) is 20.4. The number of nitrogens with zero attached hydrogens (tertiary/aromatic N) is 1. The van der Waals surface area contributed by atoms with E-state index in [1.807, 2.05) is 60.7 Å². The van der Waals surface area contributed by atoms with Gasteiger partial charge in [-0.3, -0.25) is 4.79 Å². The van der Waals surface area contributed by atoms with E-state index in [-0.39, 0.29) is 5.57 Å². The summed E-state index contributed by atoms with van der Waals surface area (Å²) < 4.78 is 12.9. The van der Waals surface area contributed by atoms with Crippen molar-refractivity contribution >= 4 is 56.0 Å². The van der Waals surface area contributed by atoms with E-state index in [4.69, 9.17) is 21.1 Å². The summed E-state index contributed by atoms with van der Waals surface area (Å²) in [6, 6.07) is 34.3. The van der Waals surface area contributed by atoms with Crippen LogP contribution in [0.25, 0.3) is 16.8 Å². The van der Waals surface area contributed by atoms with E-state index in [1.165, 1.54) is 6.08 Å². The highest BCUT2D eigenvalue weighted by Gasteiger charge is 2.13. The van der Waals surface area contributed by atoms with Crippen LogP contribution in [0.3, 0.4) is 0 Å². The summed E-state index contributed by atoms with van der Waals surface area (Å²) >= 11 is 9.42. The number of benzene rings is 5. The van der Waals surface area contributed by atoms with E-state index in [2.05, 4.69) is 52.4 Å². The molecule has 0 heterocycles. The summed E-state index contributed by atoms with van der Waals surface area (Å²) in [7, 11) is 0. The molecular formula is C35H26BrClN2O3. The Bertz CT molecular complexity index is 1810. The Morgan fingerprint density at radius 3 is 2.45 bits per heavy atom. The lowest BCUT2D eigenvalue weighted by atomic mass is 10.0. The van der Waals surface area contributed by atoms with Gasteiger partial charge in [-0.05, 0) is 89.5 Å². The molecule has 0 radical (unpaired) electrons. The number of aryl methyl sites for hydroxylation is 1. The Kier molecular flexibility index (Phi) is 9.23. The molecule has 0 unspecified atom stereocenters. The van der Waals surface area contributed by atoms with Crippen molar-refractivity contribution < 1.29 is 14.3 Å². The van der Waals surface area contributed by atoms with E-state index in [0.29, 0.717) is 41.0 Å². The van der Waals surface area contributed by atoms with Crippen molar-refractivity contribution in [3.63, 3.8) is 0 Å². The van der Waals surface area contributed by atoms with Gasteiger partial charge in [0.25, 0.3) is 5.91 Å². The van der Waals surface area contributed by atoms with Gasteiger partial charge in [-0.15, -0.1) is 0 Å². The second-order valence-corrected chi connectivity index (χ2v) is 11.0. The number of rotatable bonds is 9. The molecule has 0 aliphatic carbocycles. The number of carbonyl (C=O) groups is 1. The number of nitrogens with one attached hydrogen (secondary N) is 1. The molecule has 0 aromatic heterocycles. The molecule has 5 rings (SSSR count). The maximum atomic E-state index is 13.0. The molecule has 1 amide bonds. The van der Waals surface area contributed by atoms with Gasteiger partial charge in [-0.1, -0.05) is 76.1 Å². The lowest BCUT2D eigenvalue weighted by Crippen LogP contribution is -2.13. The first-order valence-electron chi connectivity index (χ1n) is 13.2. The van der Waals surface area contributed by atoms with Crippen molar-refractivity contribution in [2.75, 3.05) is 5.32 Å². The molecule has 0 aliphatic rings. The summed E-state index contributed by atoms with van der Waals surface area (Å²) in [6.45, 7) is 2.79. The van der Waals surface area contributed by atoms with E-state index in [9.17, 15) is 10.1 Å². The van der Waals surface area contributed by atoms with Crippen molar-refractivity contribution in [3.05, 3.63) is 140 Å². The maximum Gasteiger partial charge on any atom is 0.266 e. The minimum absolute atomic E-state index is 0.0534. The zero-order valence-corrected chi connectivity index (χ0v) is 25.1. The highest BCUT2D eigenvalue weighted by molar-refractivity contribution is 9.10. The van der Waals surface area contributed by atoms with Gasteiger partial charge in [-0.25, -0.2) is 0 Å². The normalized spacial score (nSPS) is 11.1. The predicted octanol–water partition coefficient (Wildman–Crippen LogP) is 9.27. The molecule has 5 aromatic rings. The Labute approximate surface area is 258 Å². The molecule has 0 aliphatic heterocycles. The minimum Gasteiger partial charge on any atom is -0.489 e. The molecule has 42 heavy (non-hydrogen) atoms. The monoisotopic (exact) mass is 636 g/mol. The lowest BCUT2D eigenvalue weighted by Gasteiger charge is -2.14. The first kappa shape index (κ1) is 28.9. The topological polar surface area (TPSA) is 71.3 Å². The number of halogens is 2. The van der Waals surface area contributed by atoms with Crippen LogP contribution in [0.1, 0.15) is 22.3 Å². The second-order valence-electron chi connectivity index (χ2n) is 9.62. The molecule has 0 spiro atoms. The van der Waals surface area contributed by atoms with Crippen LogP contribution in [0.2, 0.25) is 5.02 Å². The number of anilines is 1. The average molecular weight is 638 g/mol. The molecule has 1 N–H and O–H groups in total. The van der Waals surface area contributed by atoms with Crippen molar-refractivity contribution in [1.29, 1.82) is 5.26 Å². The fourth-order valence-electron chi connectivity index (χ4n) is 4.43. The van der Waals surface area contributed by atoms with Gasteiger partial charge < -0.3 is 14.8 Å². The van der Waals surface area contributed by atoms with Crippen LogP contribution >= 0.6 is 27.5 Å². The molecule has 5 aromatic carbocycles. The number of hydrogen-bond acceptors (Lipinski definition) is 4. The zero-order chi connectivity index (χ0) is 29.5. The number of nitriles is 1. The fourth-order valence-corrected chi connectivity index (χ4v) is 4.94.